The molecule has 1 unspecified atom stereocenters. The fourth-order valence-electron chi connectivity index (χ4n) is 4.30. The number of carbonyl (C=O) groups is 1. The van der Waals surface area contributed by atoms with Gasteiger partial charge in [0.1, 0.15) is 29.8 Å². The SMILES string of the molecule is CC(C)OC(=O)[C@H](C)NP(=O)(OC[C@H]1O[C@@H](n2ccc(=O)[nH]c2=O)[C@](C)(F)[C@@H]1O)Oc1ccc(-c2cn(C)cn2)c(F)c1. The molecule has 0 saturated carbocycles. The number of esters is 1. The number of benzene rings is 1. The Morgan fingerprint density at radius 1 is 1.30 bits per heavy atom. The largest absolute Gasteiger partial charge is 0.462 e. The Labute approximate surface area is 244 Å². The highest BCUT2D eigenvalue weighted by Crippen LogP contribution is 2.48. The molecule has 17 heteroatoms. The van der Waals surface area contributed by atoms with Gasteiger partial charge in [0.2, 0.25) is 0 Å². The van der Waals surface area contributed by atoms with Gasteiger partial charge in [-0.1, -0.05) is 0 Å². The zero-order chi connectivity index (χ0) is 31.7. The molecule has 0 spiro atoms. The number of nitrogens with one attached hydrogen (secondary N) is 2. The predicted molar refractivity (Wildman–Crippen MR) is 147 cm³/mol. The number of imidazole rings is 1. The zero-order valence-corrected chi connectivity index (χ0v) is 24.8. The van der Waals surface area contributed by atoms with E-state index in [0.717, 1.165) is 29.8 Å². The second kappa shape index (κ2) is 12.5. The summed E-state index contributed by atoms with van der Waals surface area (Å²) in [5.74, 6) is -1.81. The van der Waals surface area contributed by atoms with E-state index in [1.807, 2.05) is 4.98 Å². The van der Waals surface area contributed by atoms with Crippen LogP contribution in [0, 0.1) is 5.82 Å². The van der Waals surface area contributed by atoms with E-state index in [0.29, 0.717) is 5.69 Å². The van der Waals surface area contributed by atoms with E-state index in [1.54, 1.807) is 31.7 Å². The number of hydrogen-bond acceptors (Lipinski definition) is 10. The molecule has 4 rings (SSSR count). The summed E-state index contributed by atoms with van der Waals surface area (Å²) in [6, 6.07) is 3.31. The lowest BCUT2D eigenvalue weighted by Gasteiger charge is -2.25. The first kappa shape index (κ1) is 32.2. The molecule has 0 amide bonds. The second-order valence-corrected chi connectivity index (χ2v) is 12.1. The molecule has 2 aromatic heterocycles. The molecule has 6 atom stereocenters. The summed E-state index contributed by atoms with van der Waals surface area (Å²) in [5, 5.41) is 13.1. The number of aliphatic hydroxyl groups excluding tert-OH is 1. The van der Waals surface area contributed by atoms with Gasteiger partial charge in [-0.15, -0.1) is 0 Å². The summed E-state index contributed by atoms with van der Waals surface area (Å²) in [6.45, 7) is 4.76. The van der Waals surface area contributed by atoms with Crippen molar-refractivity contribution >= 4 is 13.7 Å². The number of ether oxygens (including phenoxy) is 2. The number of nitrogens with zero attached hydrogens (tertiary/aromatic N) is 3. The quantitative estimate of drug-likeness (QED) is 0.210. The third-order valence-corrected chi connectivity index (χ3v) is 8.08. The number of alkyl halides is 1. The molecule has 3 heterocycles. The number of aryl methyl sites for hydroxylation is 1. The number of carbonyl (C=O) groups excluding carboxylic acids is 1. The van der Waals surface area contributed by atoms with Crippen molar-refractivity contribution in [2.75, 3.05) is 6.61 Å². The van der Waals surface area contributed by atoms with E-state index in [-0.39, 0.29) is 11.3 Å². The van der Waals surface area contributed by atoms with Crippen LogP contribution in [0.15, 0.2) is 52.6 Å². The first-order valence-corrected chi connectivity index (χ1v) is 14.7. The minimum atomic E-state index is -4.59. The standard InChI is InChI=1S/C26H32F2N5O9P/c1-14(2)40-23(36)15(3)31-43(38,42-16-6-7-17(18(27)10-16)19-11-32(5)13-29-19)39-12-20-22(35)26(4,28)24(41-20)33-9-8-21(34)30-25(33)37/h6-11,13-15,20,22,24,35H,12H2,1-5H3,(H,31,38)(H,30,34,37)/t15-,20+,22+,24+,26+,43?/m0/s1. The van der Waals surface area contributed by atoms with Gasteiger partial charge in [0.25, 0.3) is 5.56 Å². The Hall–Kier alpha value is -3.69. The van der Waals surface area contributed by atoms with Gasteiger partial charge in [-0.05, 0) is 39.8 Å². The van der Waals surface area contributed by atoms with Crippen molar-refractivity contribution in [3.05, 3.63) is 69.6 Å². The van der Waals surface area contributed by atoms with Crippen molar-refractivity contribution in [1.82, 2.24) is 24.2 Å². The Morgan fingerprint density at radius 3 is 2.63 bits per heavy atom. The molecule has 1 aliphatic rings. The molecule has 234 valence electrons. The third kappa shape index (κ3) is 7.28. The average Bonchev–Trinajstić information content (AvgIpc) is 3.43. The van der Waals surface area contributed by atoms with Crippen molar-refractivity contribution in [3.63, 3.8) is 0 Å². The molecule has 1 saturated heterocycles. The summed E-state index contributed by atoms with van der Waals surface area (Å²) in [4.78, 5) is 42.2. The van der Waals surface area contributed by atoms with Crippen LogP contribution >= 0.6 is 7.75 Å². The molecular formula is C26H32F2N5O9P. The molecule has 0 radical (unpaired) electrons. The molecule has 1 aromatic carbocycles. The van der Waals surface area contributed by atoms with Gasteiger partial charge in [0, 0.05) is 37.1 Å². The fraction of sp³-hybridized carbons (Fsp3) is 0.462. The maximum atomic E-state index is 15.6. The summed E-state index contributed by atoms with van der Waals surface area (Å²) in [6.07, 6.45) is -1.51. The molecule has 43 heavy (non-hydrogen) atoms. The highest BCUT2D eigenvalue weighted by molar-refractivity contribution is 7.52. The predicted octanol–water partition coefficient (Wildman–Crippen LogP) is 2.20. The van der Waals surface area contributed by atoms with Gasteiger partial charge in [-0.25, -0.2) is 23.1 Å². The normalized spacial score (nSPS) is 24.1. The number of rotatable bonds is 11. The number of halogens is 2. The summed E-state index contributed by atoms with van der Waals surface area (Å²) < 4.78 is 68.5. The van der Waals surface area contributed by atoms with Crippen LogP contribution in [0.5, 0.6) is 5.75 Å². The van der Waals surface area contributed by atoms with Gasteiger partial charge < -0.3 is 23.7 Å². The number of aliphatic hydroxyl groups is 1. The molecule has 1 aliphatic heterocycles. The minimum Gasteiger partial charge on any atom is -0.462 e. The Bertz CT molecular complexity index is 1640. The topological polar surface area (TPSA) is 176 Å². The van der Waals surface area contributed by atoms with Gasteiger partial charge in [0.05, 0.1) is 24.7 Å². The number of aromatic nitrogens is 4. The van der Waals surface area contributed by atoms with Crippen LogP contribution in [-0.2, 0) is 30.4 Å². The molecule has 0 bridgehead atoms. The molecule has 3 aromatic rings. The van der Waals surface area contributed by atoms with Crippen LogP contribution in [-0.4, -0.2) is 66.8 Å². The minimum absolute atomic E-state index is 0.138. The van der Waals surface area contributed by atoms with Crippen LogP contribution in [0.2, 0.25) is 0 Å². The summed E-state index contributed by atoms with van der Waals surface area (Å²) in [7, 11) is -2.88. The molecular weight excluding hydrogens is 595 g/mol. The van der Waals surface area contributed by atoms with E-state index >= 15 is 4.39 Å². The van der Waals surface area contributed by atoms with Gasteiger partial charge >= 0.3 is 19.4 Å². The lowest BCUT2D eigenvalue weighted by molar-refractivity contribution is -0.149. The smallest absolute Gasteiger partial charge is 0.459 e. The van der Waals surface area contributed by atoms with Crippen molar-refractivity contribution < 1.29 is 41.8 Å². The van der Waals surface area contributed by atoms with Crippen LogP contribution < -0.4 is 20.9 Å². The Kier molecular flexibility index (Phi) is 9.37. The van der Waals surface area contributed by atoms with Gasteiger partial charge in [-0.2, -0.15) is 5.09 Å². The van der Waals surface area contributed by atoms with Crippen LogP contribution in [0.25, 0.3) is 11.3 Å². The van der Waals surface area contributed by atoms with Crippen LogP contribution in [0.3, 0.4) is 0 Å². The molecule has 1 fully saturated rings. The van der Waals surface area contributed by atoms with Crippen molar-refractivity contribution in [2.45, 2.75) is 63.9 Å². The van der Waals surface area contributed by atoms with Crippen molar-refractivity contribution in [3.8, 4) is 17.0 Å². The van der Waals surface area contributed by atoms with Crippen molar-refractivity contribution in [1.29, 1.82) is 0 Å². The lowest BCUT2D eigenvalue weighted by Crippen LogP contribution is -2.43. The Morgan fingerprint density at radius 2 is 2.02 bits per heavy atom. The van der Waals surface area contributed by atoms with Gasteiger partial charge in [0.15, 0.2) is 11.9 Å². The van der Waals surface area contributed by atoms with E-state index in [4.69, 9.17) is 18.5 Å². The van der Waals surface area contributed by atoms with E-state index in [2.05, 4.69) is 10.1 Å². The molecule has 3 N–H and O–H groups in total. The maximum Gasteiger partial charge on any atom is 0.459 e. The monoisotopic (exact) mass is 627 g/mol. The first-order chi connectivity index (χ1) is 20.1. The number of H-pyrrole nitrogens is 1. The van der Waals surface area contributed by atoms with Gasteiger partial charge in [-0.3, -0.25) is 23.7 Å². The second-order valence-electron chi connectivity index (χ2n) is 10.4. The first-order valence-electron chi connectivity index (χ1n) is 13.1. The van der Waals surface area contributed by atoms with E-state index in [9.17, 15) is 28.4 Å². The molecule has 0 aliphatic carbocycles. The Balaban J connectivity index is 1.57. The highest BCUT2D eigenvalue weighted by atomic mass is 31.2. The summed E-state index contributed by atoms with van der Waals surface area (Å²) >= 11 is 0. The number of hydrogen-bond donors (Lipinski definition) is 3. The zero-order valence-electron chi connectivity index (χ0n) is 23.9. The maximum absolute atomic E-state index is 15.6. The van der Waals surface area contributed by atoms with Crippen LogP contribution in [0.4, 0.5) is 8.78 Å². The fourth-order valence-corrected chi connectivity index (χ4v) is 5.79. The van der Waals surface area contributed by atoms with E-state index < -0.39 is 73.6 Å². The van der Waals surface area contributed by atoms with Crippen molar-refractivity contribution in [2.24, 2.45) is 7.05 Å². The third-order valence-electron chi connectivity index (χ3n) is 6.43. The van der Waals surface area contributed by atoms with E-state index in [1.165, 1.54) is 25.4 Å². The summed E-state index contributed by atoms with van der Waals surface area (Å²) in [5.41, 5.74) is -3.79. The highest BCUT2D eigenvalue weighted by Gasteiger charge is 2.56. The number of aromatic amines is 1. The average molecular weight is 628 g/mol. The lowest BCUT2D eigenvalue weighted by atomic mass is 9.98. The molecule has 14 nitrogen and oxygen atoms in total. The van der Waals surface area contributed by atoms with Crippen LogP contribution in [0.1, 0.15) is 33.9 Å².